The van der Waals surface area contributed by atoms with E-state index in [1.165, 1.54) is 35.0 Å². The van der Waals surface area contributed by atoms with Gasteiger partial charge in [-0.05, 0) is 71.8 Å². The van der Waals surface area contributed by atoms with Crippen LogP contribution in [0.1, 0.15) is 58.6 Å². The van der Waals surface area contributed by atoms with Gasteiger partial charge in [-0.25, -0.2) is 0 Å². The summed E-state index contributed by atoms with van der Waals surface area (Å²) in [6, 6.07) is 7.24. The van der Waals surface area contributed by atoms with Gasteiger partial charge in [-0.1, -0.05) is 26.8 Å². The second-order valence-electron chi connectivity index (χ2n) is 7.04. The van der Waals surface area contributed by atoms with E-state index in [4.69, 9.17) is 0 Å². The number of nitrogens with zero attached hydrogens (tertiary/aromatic N) is 1. The van der Waals surface area contributed by atoms with Gasteiger partial charge in [-0.15, -0.1) is 0 Å². The summed E-state index contributed by atoms with van der Waals surface area (Å²) >= 11 is 3.78. The van der Waals surface area contributed by atoms with E-state index in [-0.39, 0.29) is 0 Å². The molecule has 0 amide bonds. The summed E-state index contributed by atoms with van der Waals surface area (Å²) in [5.74, 6) is 0. The predicted molar refractivity (Wildman–Crippen MR) is 96.1 cm³/mol. The van der Waals surface area contributed by atoms with Gasteiger partial charge >= 0.3 is 0 Å². The lowest BCUT2D eigenvalue weighted by atomic mass is 9.82. The molecular formula is C18H29BrN2. The Morgan fingerprint density at radius 2 is 1.95 bits per heavy atom. The highest BCUT2D eigenvalue weighted by Gasteiger charge is 2.26. The minimum atomic E-state index is 0.413. The van der Waals surface area contributed by atoms with Gasteiger partial charge in [0.25, 0.3) is 0 Å². The Balaban J connectivity index is 2.06. The molecule has 1 heterocycles. The van der Waals surface area contributed by atoms with Crippen LogP contribution in [-0.4, -0.2) is 19.6 Å². The average molecular weight is 353 g/mol. The molecule has 2 rings (SSSR count). The number of anilines is 1. The molecule has 0 spiro atoms. The lowest BCUT2D eigenvalue weighted by Crippen LogP contribution is -2.37. The number of rotatable bonds is 5. The predicted octanol–water partition coefficient (Wildman–Crippen LogP) is 5.14. The van der Waals surface area contributed by atoms with Crippen molar-refractivity contribution in [3.05, 3.63) is 28.2 Å². The molecule has 1 aliphatic rings. The van der Waals surface area contributed by atoms with Crippen LogP contribution in [0.3, 0.4) is 0 Å². The highest BCUT2D eigenvalue weighted by molar-refractivity contribution is 9.10. The molecule has 0 bridgehead atoms. The molecule has 1 aliphatic heterocycles. The number of hydrogen-bond donors (Lipinski definition) is 1. The summed E-state index contributed by atoms with van der Waals surface area (Å²) in [6.07, 6.45) is 3.72. The van der Waals surface area contributed by atoms with Crippen LogP contribution in [0.4, 0.5) is 5.69 Å². The zero-order chi connectivity index (χ0) is 15.5. The topological polar surface area (TPSA) is 15.3 Å². The van der Waals surface area contributed by atoms with Crippen molar-refractivity contribution in [3.63, 3.8) is 0 Å². The van der Waals surface area contributed by atoms with Gasteiger partial charge in [0.15, 0.2) is 0 Å². The first kappa shape index (κ1) is 16.8. The number of halogens is 1. The van der Waals surface area contributed by atoms with E-state index >= 15 is 0 Å². The monoisotopic (exact) mass is 352 g/mol. The number of nitrogens with one attached hydrogen (secondary N) is 1. The summed E-state index contributed by atoms with van der Waals surface area (Å²) in [5.41, 5.74) is 3.20. The number of piperidine rings is 1. The van der Waals surface area contributed by atoms with Crippen molar-refractivity contribution in [3.8, 4) is 0 Å². The molecule has 0 radical (unpaired) electrons. The van der Waals surface area contributed by atoms with E-state index in [1.54, 1.807) is 0 Å². The van der Waals surface area contributed by atoms with E-state index < -0.39 is 0 Å². The number of benzene rings is 1. The fraction of sp³-hybridized carbons (Fsp3) is 0.667. The van der Waals surface area contributed by atoms with Gasteiger partial charge in [0.05, 0.1) is 5.69 Å². The van der Waals surface area contributed by atoms with Crippen LogP contribution >= 0.6 is 15.9 Å². The molecule has 118 valence electrons. The third-order valence-corrected chi connectivity index (χ3v) is 5.27. The van der Waals surface area contributed by atoms with Crippen molar-refractivity contribution < 1.29 is 0 Å². The van der Waals surface area contributed by atoms with Crippen LogP contribution in [0.2, 0.25) is 0 Å². The molecule has 1 aromatic rings. The maximum atomic E-state index is 3.78. The molecular weight excluding hydrogens is 324 g/mol. The van der Waals surface area contributed by atoms with E-state index in [0.29, 0.717) is 11.5 Å². The van der Waals surface area contributed by atoms with E-state index in [1.807, 2.05) is 0 Å². The first-order valence-corrected chi connectivity index (χ1v) is 9.00. The number of hydrogen-bond acceptors (Lipinski definition) is 2. The van der Waals surface area contributed by atoms with Crippen molar-refractivity contribution in [2.24, 2.45) is 5.41 Å². The van der Waals surface area contributed by atoms with Crippen LogP contribution < -0.4 is 10.2 Å². The van der Waals surface area contributed by atoms with Gasteiger partial charge in [0.1, 0.15) is 0 Å². The molecule has 0 aliphatic carbocycles. The molecule has 1 fully saturated rings. The molecule has 1 unspecified atom stereocenters. The van der Waals surface area contributed by atoms with Crippen molar-refractivity contribution in [2.75, 3.05) is 24.5 Å². The SMILES string of the molecule is CCCNC(C)c1ccc(N2CCC(C)(C)CC2)c(Br)c1. The second kappa shape index (κ2) is 7.15. The fourth-order valence-corrected chi connectivity index (χ4v) is 3.53. The minimum absolute atomic E-state index is 0.413. The fourth-order valence-electron chi connectivity index (χ4n) is 2.88. The minimum Gasteiger partial charge on any atom is -0.371 e. The van der Waals surface area contributed by atoms with E-state index in [0.717, 1.165) is 19.6 Å². The summed E-state index contributed by atoms with van der Waals surface area (Å²) in [6.45, 7) is 12.6. The van der Waals surface area contributed by atoms with Gasteiger partial charge in [-0.2, -0.15) is 0 Å². The quantitative estimate of drug-likeness (QED) is 0.789. The van der Waals surface area contributed by atoms with Crippen molar-refractivity contribution in [1.82, 2.24) is 5.32 Å². The molecule has 0 aromatic heterocycles. The van der Waals surface area contributed by atoms with Gasteiger partial charge in [0.2, 0.25) is 0 Å². The summed E-state index contributed by atoms with van der Waals surface area (Å²) < 4.78 is 1.23. The maximum absolute atomic E-state index is 3.78. The van der Waals surface area contributed by atoms with Crippen molar-refractivity contribution in [1.29, 1.82) is 0 Å². The largest absolute Gasteiger partial charge is 0.371 e. The highest BCUT2D eigenvalue weighted by Crippen LogP contribution is 2.36. The Hall–Kier alpha value is -0.540. The molecule has 1 saturated heterocycles. The second-order valence-corrected chi connectivity index (χ2v) is 7.89. The van der Waals surface area contributed by atoms with Gasteiger partial charge < -0.3 is 10.2 Å². The van der Waals surface area contributed by atoms with Crippen LogP contribution in [-0.2, 0) is 0 Å². The average Bonchev–Trinajstić information content (AvgIpc) is 2.45. The maximum Gasteiger partial charge on any atom is 0.0510 e. The first-order valence-electron chi connectivity index (χ1n) is 8.21. The van der Waals surface area contributed by atoms with Crippen LogP contribution in [0.15, 0.2) is 22.7 Å². The molecule has 1 aromatic carbocycles. The third kappa shape index (κ3) is 4.46. The molecule has 1 N–H and O–H groups in total. The molecule has 1 atom stereocenters. The summed E-state index contributed by atoms with van der Waals surface area (Å²) in [7, 11) is 0. The first-order chi connectivity index (χ1) is 9.93. The Bertz CT molecular complexity index is 460. The standard InChI is InChI=1S/C18H29BrN2/c1-5-10-20-14(2)15-6-7-17(16(19)13-15)21-11-8-18(3,4)9-12-21/h6-7,13-14,20H,5,8-12H2,1-4H3. The van der Waals surface area contributed by atoms with E-state index in [9.17, 15) is 0 Å². The Labute approximate surface area is 138 Å². The summed E-state index contributed by atoms with van der Waals surface area (Å²) in [5, 5.41) is 3.55. The van der Waals surface area contributed by atoms with Gasteiger partial charge in [0, 0.05) is 23.6 Å². The zero-order valence-electron chi connectivity index (χ0n) is 13.9. The van der Waals surface area contributed by atoms with Crippen molar-refractivity contribution in [2.45, 2.75) is 53.0 Å². The van der Waals surface area contributed by atoms with E-state index in [2.05, 4.69) is 72.0 Å². The van der Waals surface area contributed by atoms with Gasteiger partial charge in [-0.3, -0.25) is 0 Å². The van der Waals surface area contributed by atoms with Crippen molar-refractivity contribution >= 4 is 21.6 Å². The Morgan fingerprint density at radius 1 is 1.29 bits per heavy atom. The van der Waals surface area contributed by atoms with Crippen LogP contribution in [0.5, 0.6) is 0 Å². The molecule has 3 heteroatoms. The lowest BCUT2D eigenvalue weighted by Gasteiger charge is -2.38. The Kier molecular flexibility index (Phi) is 5.73. The highest BCUT2D eigenvalue weighted by atomic mass is 79.9. The molecule has 2 nitrogen and oxygen atoms in total. The van der Waals surface area contributed by atoms with Crippen LogP contribution in [0, 0.1) is 5.41 Å². The smallest absolute Gasteiger partial charge is 0.0510 e. The molecule has 21 heavy (non-hydrogen) atoms. The third-order valence-electron chi connectivity index (χ3n) is 4.63. The van der Waals surface area contributed by atoms with Crippen LogP contribution in [0.25, 0.3) is 0 Å². The normalized spacial score (nSPS) is 19.6. The summed E-state index contributed by atoms with van der Waals surface area (Å²) in [4.78, 5) is 2.52. The zero-order valence-corrected chi connectivity index (χ0v) is 15.5. The Morgan fingerprint density at radius 3 is 2.52 bits per heavy atom. The molecule has 0 saturated carbocycles. The lowest BCUT2D eigenvalue weighted by molar-refractivity contribution is 0.279.